The van der Waals surface area contributed by atoms with Crippen LogP contribution in [0.25, 0.3) is 0 Å². The molecule has 0 aromatic heterocycles. The van der Waals surface area contributed by atoms with E-state index in [1.165, 1.54) is 22.5 Å². The third kappa shape index (κ3) is 4.49. The highest BCUT2D eigenvalue weighted by atomic mass is 32.2. The van der Waals surface area contributed by atoms with Crippen molar-refractivity contribution in [2.24, 2.45) is 0 Å². The van der Waals surface area contributed by atoms with Crippen LogP contribution >= 0.6 is 0 Å². The van der Waals surface area contributed by atoms with Crippen molar-refractivity contribution in [3.63, 3.8) is 0 Å². The fourth-order valence-electron chi connectivity index (χ4n) is 1.92. The van der Waals surface area contributed by atoms with Gasteiger partial charge in [-0.2, -0.15) is 4.31 Å². The Morgan fingerprint density at radius 2 is 1.91 bits per heavy atom. The SMILES string of the molecule is CCN(CC)S(=O)(=O)c1cccc(C(=O)NC(CF)C(=O)O)c1. The van der Waals surface area contributed by atoms with E-state index in [2.05, 4.69) is 0 Å². The molecule has 1 rings (SSSR count). The van der Waals surface area contributed by atoms with Gasteiger partial charge in [0.1, 0.15) is 6.67 Å². The molecule has 0 radical (unpaired) electrons. The molecule has 9 heteroatoms. The molecule has 7 nitrogen and oxygen atoms in total. The Morgan fingerprint density at radius 3 is 2.39 bits per heavy atom. The number of hydrogen-bond acceptors (Lipinski definition) is 4. The molecule has 1 aromatic carbocycles. The maximum absolute atomic E-state index is 12.6. The van der Waals surface area contributed by atoms with Crippen molar-refractivity contribution >= 4 is 21.9 Å². The minimum atomic E-state index is -3.74. The van der Waals surface area contributed by atoms with Gasteiger partial charge in [0.15, 0.2) is 6.04 Å². The van der Waals surface area contributed by atoms with Crippen LogP contribution in [0.4, 0.5) is 4.39 Å². The Kier molecular flexibility index (Phi) is 6.64. The smallest absolute Gasteiger partial charge is 0.328 e. The van der Waals surface area contributed by atoms with Crippen LogP contribution in [0.1, 0.15) is 24.2 Å². The number of carbonyl (C=O) groups excluding carboxylic acids is 1. The van der Waals surface area contributed by atoms with Crippen LogP contribution in [0.5, 0.6) is 0 Å². The van der Waals surface area contributed by atoms with Gasteiger partial charge in [0.25, 0.3) is 5.91 Å². The largest absolute Gasteiger partial charge is 0.480 e. The van der Waals surface area contributed by atoms with Gasteiger partial charge in [-0.1, -0.05) is 19.9 Å². The number of carboxylic acids is 1. The molecule has 0 heterocycles. The second-order valence-electron chi connectivity index (χ2n) is 4.64. The second-order valence-corrected chi connectivity index (χ2v) is 6.57. The normalized spacial score (nSPS) is 12.9. The van der Waals surface area contributed by atoms with Crippen molar-refractivity contribution in [2.75, 3.05) is 19.8 Å². The quantitative estimate of drug-likeness (QED) is 0.727. The highest BCUT2D eigenvalue weighted by molar-refractivity contribution is 7.89. The lowest BCUT2D eigenvalue weighted by Crippen LogP contribution is -2.42. The first-order chi connectivity index (χ1) is 10.8. The Morgan fingerprint density at radius 1 is 1.30 bits per heavy atom. The topological polar surface area (TPSA) is 104 Å². The first-order valence-electron chi connectivity index (χ1n) is 6.97. The van der Waals surface area contributed by atoms with Crippen molar-refractivity contribution < 1.29 is 27.5 Å². The van der Waals surface area contributed by atoms with Gasteiger partial charge in [-0.05, 0) is 18.2 Å². The fourth-order valence-corrected chi connectivity index (χ4v) is 3.42. The molecule has 0 aliphatic rings. The number of alkyl halides is 1. The summed E-state index contributed by atoms with van der Waals surface area (Å²) in [5.74, 6) is -2.36. The number of rotatable bonds is 8. The maximum Gasteiger partial charge on any atom is 0.328 e. The summed E-state index contributed by atoms with van der Waals surface area (Å²) >= 11 is 0. The van der Waals surface area contributed by atoms with E-state index in [1.807, 2.05) is 5.32 Å². The fraction of sp³-hybridized carbons (Fsp3) is 0.429. The number of hydrogen-bond donors (Lipinski definition) is 2. The summed E-state index contributed by atoms with van der Waals surface area (Å²) in [6.07, 6.45) is 0. The predicted molar refractivity (Wildman–Crippen MR) is 81.4 cm³/mol. The molecule has 2 N–H and O–H groups in total. The number of aliphatic carboxylic acids is 1. The molecule has 1 atom stereocenters. The van der Waals surface area contributed by atoms with Crippen LogP contribution in [-0.4, -0.2) is 55.5 Å². The van der Waals surface area contributed by atoms with Gasteiger partial charge in [0, 0.05) is 18.7 Å². The number of nitrogens with zero attached hydrogens (tertiary/aromatic N) is 1. The predicted octanol–water partition coefficient (Wildman–Crippen LogP) is 0.870. The Labute approximate surface area is 134 Å². The average Bonchev–Trinajstić information content (AvgIpc) is 2.53. The summed E-state index contributed by atoms with van der Waals surface area (Å²) in [5, 5.41) is 10.7. The van der Waals surface area contributed by atoms with Crippen LogP contribution in [-0.2, 0) is 14.8 Å². The summed E-state index contributed by atoms with van der Waals surface area (Å²) in [5.41, 5.74) is -0.0575. The number of nitrogens with one attached hydrogen (secondary N) is 1. The van der Waals surface area contributed by atoms with Crippen LogP contribution in [0.2, 0.25) is 0 Å². The summed E-state index contributed by atoms with van der Waals surface area (Å²) in [7, 11) is -3.74. The van der Waals surface area contributed by atoms with E-state index >= 15 is 0 Å². The Bertz CT molecular complexity index is 674. The molecule has 1 aromatic rings. The van der Waals surface area contributed by atoms with E-state index in [-0.39, 0.29) is 23.5 Å². The molecule has 1 unspecified atom stereocenters. The number of amides is 1. The molecule has 0 saturated heterocycles. The van der Waals surface area contributed by atoms with Gasteiger partial charge in [-0.3, -0.25) is 4.79 Å². The third-order valence-corrected chi connectivity index (χ3v) is 5.24. The summed E-state index contributed by atoms with van der Waals surface area (Å²) < 4.78 is 38.6. The molecule has 128 valence electrons. The first-order valence-corrected chi connectivity index (χ1v) is 8.41. The van der Waals surface area contributed by atoms with Crippen LogP contribution in [0, 0.1) is 0 Å². The van der Waals surface area contributed by atoms with E-state index in [0.717, 1.165) is 6.07 Å². The van der Waals surface area contributed by atoms with Gasteiger partial charge >= 0.3 is 5.97 Å². The summed E-state index contributed by atoms with van der Waals surface area (Å²) in [6.45, 7) is 2.67. The van der Waals surface area contributed by atoms with Gasteiger partial charge in [-0.15, -0.1) is 0 Å². The van der Waals surface area contributed by atoms with E-state index < -0.39 is 34.6 Å². The highest BCUT2D eigenvalue weighted by Crippen LogP contribution is 2.17. The van der Waals surface area contributed by atoms with Crippen LogP contribution in [0.3, 0.4) is 0 Å². The molecule has 23 heavy (non-hydrogen) atoms. The molecular weight excluding hydrogens is 327 g/mol. The monoisotopic (exact) mass is 346 g/mol. The zero-order valence-electron chi connectivity index (χ0n) is 12.8. The van der Waals surface area contributed by atoms with Gasteiger partial charge < -0.3 is 10.4 Å². The summed E-state index contributed by atoms with van der Waals surface area (Å²) in [6, 6.07) is 3.50. The molecule has 0 bridgehead atoms. The van der Waals surface area contributed by atoms with Crippen molar-refractivity contribution in [2.45, 2.75) is 24.8 Å². The lowest BCUT2D eigenvalue weighted by Gasteiger charge is -2.19. The van der Waals surface area contributed by atoms with Gasteiger partial charge in [0.05, 0.1) is 4.90 Å². The van der Waals surface area contributed by atoms with Crippen LogP contribution < -0.4 is 5.32 Å². The molecule has 0 spiro atoms. The Balaban J connectivity index is 3.10. The minimum absolute atomic E-state index is 0.0575. The first kappa shape index (κ1) is 19.0. The Hall–Kier alpha value is -2.00. The van der Waals surface area contributed by atoms with E-state index in [0.29, 0.717) is 0 Å². The van der Waals surface area contributed by atoms with Crippen molar-refractivity contribution in [1.82, 2.24) is 9.62 Å². The number of carbonyl (C=O) groups is 2. The number of carboxylic acid groups (broad SMARTS) is 1. The number of sulfonamides is 1. The molecule has 0 aliphatic carbocycles. The average molecular weight is 346 g/mol. The standard InChI is InChI=1S/C14H19FN2O5S/c1-3-17(4-2)23(21,22)11-7-5-6-10(8-11)13(18)16-12(9-15)14(19)20/h5-8,12H,3-4,9H2,1-2H3,(H,16,18)(H,19,20). The van der Waals surface area contributed by atoms with Crippen LogP contribution in [0.15, 0.2) is 29.2 Å². The van der Waals surface area contributed by atoms with E-state index in [4.69, 9.17) is 5.11 Å². The lowest BCUT2D eigenvalue weighted by atomic mass is 10.2. The molecule has 0 aliphatic heterocycles. The number of halogens is 1. The van der Waals surface area contributed by atoms with E-state index in [9.17, 15) is 22.4 Å². The lowest BCUT2D eigenvalue weighted by molar-refractivity contribution is -0.139. The van der Waals surface area contributed by atoms with Crippen molar-refractivity contribution in [3.8, 4) is 0 Å². The zero-order chi connectivity index (χ0) is 17.6. The molecule has 0 saturated carbocycles. The highest BCUT2D eigenvalue weighted by Gasteiger charge is 2.24. The van der Waals surface area contributed by atoms with E-state index in [1.54, 1.807) is 13.8 Å². The molecular formula is C14H19FN2O5S. The summed E-state index contributed by atoms with van der Waals surface area (Å²) in [4.78, 5) is 22.6. The van der Waals surface area contributed by atoms with Gasteiger partial charge in [-0.25, -0.2) is 17.6 Å². The zero-order valence-corrected chi connectivity index (χ0v) is 13.6. The molecule has 1 amide bonds. The second kappa shape index (κ2) is 8.02. The van der Waals surface area contributed by atoms with Crippen molar-refractivity contribution in [1.29, 1.82) is 0 Å². The maximum atomic E-state index is 12.6. The minimum Gasteiger partial charge on any atom is -0.480 e. The third-order valence-electron chi connectivity index (χ3n) is 3.20. The molecule has 0 fully saturated rings. The van der Waals surface area contributed by atoms with Crippen molar-refractivity contribution in [3.05, 3.63) is 29.8 Å². The number of benzene rings is 1. The van der Waals surface area contributed by atoms with Gasteiger partial charge in [0.2, 0.25) is 10.0 Å².